The number of hydrogen-bond acceptors (Lipinski definition) is 2. The monoisotopic (exact) mass is 236 g/mol. The molecule has 0 fully saturated rings. The highest BCUT2D eigenvalue weighted by Gasteiger charge is 2.11. The maximum atomic E-state index is 11.7. The van der Waals surface area contributed by atoms with Crippen LogP contribution in [0.4, 0.5) is 0 Å². The van der Waals surface area contributed by atoms with E-state index in [2.05, 4.69) is 0 Å². The van der Waals surface area contributed by atoms with E-state index >= 15 is 0 Å². The maximum absolute atomic E-state index is 11.7. The molecule has 1 aliphatic carbocycles. The van der Waals surface area contributed by atoms with Crippen LogP contribution in [-0.2, 0) is 4.74 Å². The van der Waals surface area contributed by atoms with Crippen LogP contribution in [0.25, 0.3) is 0 Å². The molecule has 0 aliphatic heterocycles. The fourth-order valence-electron chi connectivity index (χ4n) is 1.67. The third kappa shape index (κ3) is 2.86. The predicted molar refractivity (Wildman–Crippen MR) is 63.4 cm³/mol. The van der Waals surface area contributed by atoms with Gasteiger partial charge in [-0.05, 0) is 49.6 Å². The van der Waals surface area contributed by atoms with Crippen molar-refractivity contribution in [1.29, 1.82) is 0 Å². The number of allylic oxidation sites excluding steroid dienone is 2. The average molecular weight is 237 g/mol. The summed E-state index contributed by atoms with van der Waals surface area (Å²) in [6.45, 7) is 0. The highest BCUT2D eigenvalue weighted by Crippen LogP contribution is 2.20. The van der Waals surface area contributed by atoms with Gasteiger partial charge in [0, 0.05) is 11.4 Å². The number of benzene rings is 1. The molecule has 1 aliphatic rings. The van der Waals surface area contributed by atoms with Crippen molar-refractivity contribution in [3.8, 4) is 0 Å². The SMILES string of the molecule is O=C(OC1=CCCCC1)c1ccc(Cl)cc1. The van der Waals surface area contributed by atoms with E-state index in [1.54, 1.807) is 24.3 Å². The lowest BCUT2D eigenvalue weighted by Crippen LogP contribution is -2.06. The van der Waals surface area contributed by atoms with Gasteiger partial charge in [-0.2, -0.15) is 0 Å². The first-order valence-electron chi connectivity index (χ1n) is 5.42. The highest BCUT2D eigenvalue weighted by molar-refractivity contribution is 6.30. The van der Waals surface area contributed by atoms with Crippen molar-refractivity contribution in [1.82, 2.24) is 0 Å². The van der Waals surface area contributed by atoms with E-state index in [4.69, 9.17) is 16.3 Å². The summed E-state index contributed by atoms with van der Waals surface area (Å²) in [6, 6.07) is 6.73. The lowest BCUT2D eigenvalue weighted by Gasteiger charge is -2.12. The summed E-state index contributed by atoms with van der Waals surface area (Å²) in [5.74, 6) is 0.496. The van der Waals surface area contributed by atoms with E-state index in [9.17, 15) is 4.79 Å². The van der Waals surface area contributed by atoms with E-state index in [1.165, 1.54) is 6.42 Å². The summed E-state index contributed by atoms with van der Waals surface area (Å²) in [7, 11) is 0. The zero-order valence-corrected chi connectivity index (χ0v) is 9.67. The van der Waals surface area contributed by atoms with Gasteiger partial charge >= 0.3 is 5.97 Å². The molecule has 84 valence electrons. The summed E-state index contributed by atoms with van der Waals surface area (Å²) in [5, 5.41) is 0.619. The van der Waals surface area contributed by atoms with Crippen molar-refractivity contribution in [2.75, 3.05) is 0 Å². The van der Waals surface area contributed by atoms with Crippen molar-refractivity contribution in [3.63, 3.8) is 0 Å². The molecule has 16 heavy (non-hydrogen) atoms. The highest BCUT2D eigenvalue weighted by atomic mass is 35.5. The number of esters is 1. The molecule has 0 atom stereocenters. The second kappa shape index (κ2) is 5.17. The number of carbonyl (C=O) groups excluding carboxylic acids is 1. The van der Waals surface area contributed by atoms with Crippen LogP contribution in [0, 0.1) is 0 Å². The van der Waals surface area contributed by atoms with Crippen molar-refractivity contribution < 1.29 is 9.53 Å². The van der Waals surface area contributed by atoms with E-state index in [0.717, 1.165) is 25.0 Å². The largest absolute Gasteiger partial charge is 0.428 e. The van der Waals surface area contributed by atoms with E-state index in [0.29, 0.717) is 10.6 Å². The standard InChI is InChI=1S/C13H13ClO2/c14-11-8-6-10(7-9-11)13(15)16-12-4-2-1-3-5-12/h4,6-9H,1-3,5H2. The summed E-state index contributed by atoms with van der Waals surface area (Å²) in [4.78, 5) is 11.7. The minimum absolute atomic E-state index is 0.301. The van der Waals surface area contributed by atoms with Crippen LogP contribution >= 0.6 is 11.6 Å². The van der Waals surface area contributed by atoms with Crippen LogP contribution < -0.4 is 0 Å². The molecular weight excluding hydrogens is 224 g/mol. The predicted octanol–water partition coefficient (Wildman–Crippen LogP) is 3.95. The normalized spacial score (nSPS) is 15.4. The lowest BCUT2D eigenvalue weighted by atomic mass is 10.1. The molecule has 0 heterocycles. The Labute approximate surface area is 99.9 Å². The minimum Gasteiger partial charge on any atom is -0.428 e. The molecule has 0 radical (unpaired) electrons. The van der Waals surface area contributed by atoms with Gasteiger partial charge in [0.05, 0.1) is 5.56 Å². The molecule has 2 nitrogen and oxygen atoms in total. The molecule has 0 aromatic heterocycles. The zero-order chi connectivity index (χ0) is 11.4. The number of hydrogen-bond donors (Lipinski definition) is 0. The van der Waals surface area contributed by atoms with Crippen LogP contribution in [0.15, 0.2) is 36.1 Å². The zero-order valence-electron chi connectivity index (χ0n) is 8.91. The third-order valence-corrected chi connectivity index (χ3v) is 2.81. The fraction of sp³-hybridized carbons (Fsp3) is 0.308. The van der Waals surface area contributed by atoms with Crippen LogP contribution in [0.1, 0.15) is 36.0 Å². The average Bonchev–Trinajstić information content (AvgIpc) is 2.31. The topological polar surface area (TPSA) is 26.3 Å². The van der Waals surface area contributed by atoms with Gasteiger partial charge in [0.15, 0.2) is 0 Å². The smallest absolute Gasteiger partial charge is 0.343 e. The van der Waals surface area contributed by atoms with Crippen molar-refractivity contribution in [3.05, 3.63) is 46.7 Å². The lowest BCUT2D eigenvalue weighted by molar-refractivity contribution is 0.0608. The van der Waals surface area contributed by atoms with Crippen LogP contribution in [0.2, 0.25) is 5.02 Å². The molecule has 0 spiro atoms. The molecule has 3 heteroatoms. The molecule has 1 aromatic carbocycles. The van der Waals surface area contributed by atoms with Gasteiger partial charge in [-0.25, -0.2) is 4.79 Å². The number of rotatable bonds is 2. The van der Waals surface area contributed by atoms with E-state index in [1.807, 2.05) is 6.08 Å². The van der Waals surface area contributed by atoms with Gasteiger partial charge in [-0.15, -0.1) is 0 Å². The number of halogens is 1. The van der Waals surface area contributed by atoms with E-state index < -0.39 is 0 Å². The summed E-state index contributed by atoms with van der Waals surface area (Å²) >= 11 is 5.74. The van der Waals surface area contributed by atoms with Gasteiger partial charge < -0.3 is 4.74 Å². The Morgan fingerprint density at radius 1 is 1.19 bits per heavy atom. The maximum Gasteiger partial charge on any atom is 0.343 e. The van der Waals surface area contributed by atoms with Gasteiger partial charge in [-0.1, -0.05) is 11.6 Å². The van der Waals surface area contributed by atoms with Crippen LogP contribution in [0.3, 0.4) is 0 Å². The molecule has 0 bridgehead atoms. The molecule has 2 rings (SSSR count). The van der Waals surface area contributed by atoms with Crippen LogP contribution in [-0.4, -0.2) is 5.97 Å². The molecular formula is C13H13ClO2. The second-order valence-electron chi connectivity index (χ2n) is 3.81. The third-order valence-electron chi connectivity index (χ3n) is 2.55. The van der Waals surface area contributed by atoms with E-state index in [-0.39, 0.29) is 5.97 Å². The Hall–Kier alpha value is -1.28. The quantitative estimate of drug-likeness (QED) is 0.727. The Balaban J connectivity index is 2.02. The molecule has 0 saturated carbocycles. The Kier molecular flexibility index (Phi) is 3.62. The van der Waals surface area contributed by atoms with Crippen molar-refractivity contribution in [2.45, 2.75) is 25.7 Å². The summed E-state index contributed by atoms with van der Waals surface area (Å²) in [5.41, 5.74) is 0.538. The summed E-state index contributed by atoms with van der Waals surface area (Å²) in [6.07, 6.45) is 6.14. The molecule has 0 amide bonds. The van der Waals surface area contributed by atoms with Gasteiger partial charge in [0.1, 0.15) is 5.76 Å². The number of ether oxygens (including phenoxy) is 1. The molecule has 0 N–H and O–H groups in total. The first-order chi connectivity index (χ1) is 7.75. The fourth-order valence-corrected chi connectivity index (χ4v) is 1.79. The van der Waals surface area contributed by atoms with Crippen molar-refractivity contribution in [2.24, 2.45) is 0 Å². The number of carbonyl (C=O) groups is 1. The minimum atomic E-state index is -0.301. The Bertz CT molecular complexity index is 406. The second-order valence-corrected chi connectivity index (χ2v) is 4.25. The Morgan fingerprint density at radius 3 is 2.56 bits per heavy atom. The summed E-state index contributed by atoms with van der Waals surface area (Å²) < 4.78 is 5.30. The molecule has 0 saturated heterocycles. The molecule has 1 aromatic rings. The van der Waals surface area contributed by atoms with Crippen LogP contribution in [0.5, 0.6) is 0 Å². The Morgan fingerprint density at radius 2 is 1.94 bits per heavy atom. The van der Waals surface area contributed by atoms with Gasteiger partial charge in [-0.3, -0.25) is 0 Å². The first kappa shape index (κ1) is 11.2. The first-order valence-corrected chi connectivity index (χ1v) is 5.80. The molecule has 0 unspecified atom stereocenters. The van der Waals surface area contributed by atoms with Gasteiger partial charge in [0.2, 0.25) is 0 Å². The van der Waals surface area contributed by atoms with Gasteiger partial charge in [0.25, 0.3) is 0 Å². The van der Waals surface area contributed by atoms with Crippen molar-refractivity contribution >= 4 is 17.6 Å².